The van der Waals surface area contributed by atoms with E-state index in [1.807, 2.05) is 37.3 Å². The lowest BCUT2D eigenvalue weighted by molar-refractivity contribution is -0.144. The van der Waals surface area contributed by atoms with Crippen LogP contribution in [0.3, 0.4) is 0 Å². The lowest BCUT2D eigenvalue weighted by Crippen LogP contribution is -2.35. The van der Waals surface area contributed by atoms with Gasteiger partial charge in [-0.2, -0.15) is 0 Å². The topological polar surface area (TPSA) is 37.3 Å². The van der Waals surface area contributed by atoms with Crippen LogP contribution in [0.4, 0.5) is 0 Å². The number of carbonyl (C=O) groups is 1. The van der Waals surface area contributed by atoms with E-state index in [1.165, 1.54) is 12.8 Å². The van der Waals surface area contributed by atoms with Gasteiger partial charge in [0.1, 0.15) is 0 Å². The van der Waals surface area contributed by atoms with Crippen LogP contribution in [0.5, 0.6) is 0 Å². The molecule has 0 saturated carbocycles. The summed E-state index contributed by atoms with van der Waals surface area (Å²) in [7, 11) is 0. The molecule has 0 spiro atoms. The Balaban J connectivity index is 2.85. The van der Waals surface area contributed by atoms with Gasteiger partial charge in [-0.05, 0) is 18.4 Å². The number of hydrogen-bond donors (Lipinski definition) is 1. The summed E-state index contributed by atoms with van der Waals surface area (Å²) in [5.41, 5.74) is 0.242. The molecule has 2 nitrogen and oxygen atoms in total. The van der Waals surface area contributed by atoms with Crippen molar-refractivity contribution >= 4 is 5.97 Å². The van der Waals surface area contributed by atoms with E-state index < -0.39 is 11.4 Å². The number of rotatable bonds is 8. The molecule has 1 unspecified atom stereocenters. The first kappa shape index (κ1) is 14.7. The molecule has 2 heteroatoms. The summed E-state index contributed by atoms with van der Waals surface area (Å²) >= 11 is 0. The fraction of sp³-hybridized carbons (Fsp3) is 0.562. The number of aliphatic carboxylic acids is 1. The van der Waals surface area contributed by atoms with Crippen LogP contribution >= 0.6 is 0 Å². The van der Waals surface area contributed by atoms with Crippen LogP contribution in [0.1, 0.15) is 57.9 Å². The molecule has 1 aromatic rings. The summed E-state index contributed by atoms with van der Waals surface area (Å²) in [6.45, 7) is 4.14. The minimum atomic E-state index is -0.699. The van der Waals surface area contributed by atoms with Gasteiger partial charge in [0, 0.05) is 0 Å². The fourth-order valence-electron chi connectivity index (χ4n) is 2.52. The number of benzene rings is 1. The predicted octanol–water partition coefficient (Wildman–Crippen LogP) is 4.39. The molecule has 1 N–H and O–H groups in total. The summed E-state index contributed by atoms with van der Waals surface area (Å²) < 4.78 is 0. The van der Waals surface area contributed by atoms with E-state index in [9.17, 15) is 9.90 Å². The third-order valence-electron chi connectivity index (χ3n) is 3.80. The van der Waals surface area contributed by atoms with Gasteiger partial charge < -0.3 is 5.11 Å². The molecule has 0 radical (unpaired) electrons. The SMILES string of the molecule is CCCCCCC(CC)(C(=O)O)c1ccccc1. The molecule has 1 atom stereocenters. The fourth-order valence-corrected chi connectivity index (χ4v) is 2.52. The summed E-state index contributed by atoms with van der Waals surface area (Å²) in [4.78, 5) is 11.7. The highest BCUT2D eigenvalue weighted by Gasteiger charge is 2.37. The van der Waals surface area contributed by atoms with Crippen molar-refractivity contribution in [3.8, 4) is 0 Å². The third-order valence-corrected chi connectivity index (χ3v) is 3.80. The van der Waals surface area contributed by atoms with Gasteiger partial charge in [0.05, 0.1) is 5.41 Å². The lowest BCUT2D eigenvalue weighted by atomic mass is 9.74. The molecule has 0 aliphatic carbocycles. The van der Waals surface area contributed by atoms with E-state index in [1.54, 1.807) is 0 Å². The van der Waals surface area contributed by atoms with Crippen LogP contribution < -0.4 is 0 Å². The van der Waals surface area contributed by atoms with Crippen LogP contribution in [-0.4, -0.2) is 11.1 Å². The molecule has 0 heterocycles. The first-order chi connectivity index (χ1) is 8.67. The average molecular weight is 248 g/mol. The molecule has 1 rings (SSSR count). The maximum absolute atomic E-state index is 11.7. The van der Waals surface area contributed by atoms with E-state index in [0.29, 0.717) is 6.42 Å². The average Bonchev–Trinajstić information content (AvgIpc) is 2.40. The number of carboxylic acids is 1. The van der Waals surface area contributed by atoms with Gasteiger partial charge in [0.25, 0.3) is 0 Å². The van der Waals surface area contributed by atoms with Crippen LogP contribution in [0.25, 0.3) is 0 Å². The van der Waals surface area contributed by atoms with Gasteiger partial charge in [-0.15, -0.1) is 0 Å². The predicted molar refractivity (Wildman–Crippen MR) is 74.8 cm³/mol. The molecule has 100 valence electrons. The van der Waals surface area contributed by atoms with Crippen molar-refractivity contribution in [2.75, 3.05) is 0 Å². The van der Waals surface area contributed by atoms with E-state index in [2.05, 4.69) is 6.92 Å². The van der Waals surface area contributed by atoms with Crippen LogP contribution in [-0.2, 0) is 10.2 Å². The van der Waals surface area contributed by atoms with Crippen LogP contribution in [0.15, 0.2) is 30.3 Å². The zero-order chi connectivity index (χ0) is 13.4. The van der Waals surface area contributed by atoms with Crippen LogP contribution in [0, 0.1) is 0 Å². The molecule has 0 aliphatic heterocycles. The van der Waals surface area contributed by atoms with Gasteiger partial charge in [0.2, 0.25) is 0 Å². The molecular weight excluding hydrogens is 224 g/mol. The molecule has 0 fully saturated rings. The minimum absolute atomic E-state index is 0.651. The Morgan fingerprint density at radius 2 is 1.78 bits per heavy atom. The zero-order valence-corrected chi connectivity index (χ0v) is 11.5. The standard InChI is InChI=1S/C16H24O2/c1-3-5-6-10-13-16(4-2,15(17)18)14-11-8-7-9-12-14/h7-9,11-12H,3-6,10,13H2,1-2H3,(H,17,18). The second-order valence-corrected chi connectivity index (χ2v) is 4.92. The normalized spacial score (nSPS) is 14.1. The molecule has 1 aromatic carbocycles. The number of hydrogen-bond acceptors (Lipinski definition) is 1. The maximum Gasteiger partial charge on any atom is 0.314 e. The van der Waals surface area contributed by atoms with Gasteiger partial charge in [-0.3, -0.25) is 4.79 Å². The first-order valence-electron chi connectivity index (χ1n) is 6.96. The summed E-state index contributed by atoms with van der Waals surface area (Å²) in [5, 5.41) is 9.63. The second-order valence-electron chi connectivity index (χ2n) is 4.92. The Morgan fingerprint density at radius 3 is 2.28 bits per heavy atom. The Kier molecular flexibility index (Phi) is 5.90. The summed E-state index contributed by atoms with van der Waals surface area (Å²) in [6, 6.07) is 9.67. The summed E-state index contributed by atoms with van der Waals surface area (Å²) in [6.07, 6.45) is 5.87. The Morgan fingerprint density at radius 1 is 1.11 bits per heavy atom. The van der Waals surface area contributed by atoms with Crippen molar-refractivity contribution in [1.82, 2.24) is 0 Å². The van der Waals surface area contributed by atoms with Crippen molar-refractivity contribution in [1.29, 1.82) is 0 Å². The van der Waals surface area contributed by atoms with E-state index in [0.717, 1.165) is 24.8 Å². The van der Waals surface area contributed by atoms with Gasteiger partial charge in [-0.1, -0.05) is 69.9 Å². The van der Waals surface area contributed by atoms with Crippen molar-refractivity contribution in [3.05, 3.63) is 35.9 Å². The Labute approximate surface area is 110 Å². The molecule has 0 aromatic heterocycles. The maximum atomic E-state index is 11.7. The number of unbranched alkanes of at least 4 members (excludes halogenated alkanes) is 3. The van der Waals surface area contributed by atoms with Gasteiger partial charge >= 0.3 is 5.97 Å². The van der Waals surface area contributed by atoms with E-state index >= 15 is 0 Å². The van der Waals surface area contributed by atoms with E-state index in [4.69, 9.17) is 0 Å². The van der Waals surface area contributed by atoms with E-state index in [-0.39, 0.29) is 0 Å². The molecule has 0 aliphatic rings. The van der Waals surface area contributed by atoms with Crippen molar-refractivity contribution in [2.24, 2.45) is 0 Å². The zero-order valence-electron chi connectivity index (χ0n) is 11.5. The molecule has 0 saturated heterocycles. The highest BCUT2D eigenvalue weighted by atomic mass is 16.4. The highest BCUT2D eigenvalue weighted by Crippen LogP contribution is 2.34. The van der Waals surface area contributed by atoms with Gasteiger partial charge in [-0.25, -0.2) is 0 Å². The van der Waals surface area contributed by atoms with Crippen LogP contribution in [0.2, 0.25) is 0 Å². The molecule has 18 heavy (non-hydrogen) atoms. The molecule has 0 amide bonds. The van der Waals surface area contributed by atoms with Crippen molar-refractivity contribution < 1.29 is 9.90 Å². The van der Waals surface area contributed by atoms with Crippen molar-refractivity contribution in [2.45, 2.75) is 57.8 Å². The monoisotopic (exact) mass is 248 g/mol. The Bertz CT molecular complexity index is 359. The number of carboxylic acid groups (broad SMARTS) is 1. The second kappa shape index (κ2) is 7.20. The minimum Gasteiger partial charge on any atom is -0.481 e. The highest BCUT2D eigenvalue weighted by molar-refractivity contribution is 5.81. The summed E-state index contributed by atoms with van der Waals surface area (Å²) in [5.74, 6) is -0.687. The Hall–Kier alpha value is -1.31. The molecule has 0 bridgehead atoms. The lowest BCUT2D eigenvalue weighted by Gasteiger charge is -2.28. The van der Waals surface area contributed by atoms with Crippen molar-refractivity contribution in [3.63, 3.8) is 0 Å². The quantitative estimate of drug-likeness (QED) is 0.693. The largest absolute Gasteiger partial charge is 0.481 e. The first-order valence-corrected chi connectivity index (χ1v) is 6.96. The van der Waals surface area contributed by atoms with Gasteiger partial charge in [0.15, 0.2) is 0 Å². The smallest absolute Gasteiger partial charge is 0.314 e. The third kappa shape index (κ3) is 3.34. The molecular formula is C16H24O2.